The molecule has 2 amide bonds. The molecule has 2 atom stereocenters. The van der Waals surface area contributed by atoms with Gasteiger partial charge >= 0.3 is 18.2 Å². The molecule has 0 spiro atoms. The number of amides is 2. The lowest BCUT2D eigenvalue weighted by molar-refractivity contribution is -0.137. The van der Waals surface area contributed by atoms with Gasteiger partial charge < -0.3 is 4.42 Å². The van der Waals surface area contributed by atoms with Gasteiger partial charge in [-0.2, -0.15) is 13.2 Å². The molecule has 1 saturated carbocycles. The smallest absolute Gasteiger partial charge is 0.403 e. The van der Waals surface area contributed by atoms with Crippen LogP contribution in [0, 0.1) is 0 Å². The van der Waals surface area contributed by atoms with Crippen LogP contribution in [0.5, 0.6) is 0 Å². The molecule has 2 unspecified atom stereocenters. The highest BCUT2D eigenvalue weighted by atomic mass is 19.4. The van der Waals surface area contributed by atoms with Crippen molar-refractivity contribution < 1.29 is 22.4 Å². The van der Waals surface area contributed by atoms with E-state index in [0.717, 1.165) is 36.1 Å². The van der Waals surface area contributed by atoms with Gasteiger partial charge in [-0.3, -0.25) is 10.2 Å². The summed E-state index contributed by atoms with van der Waals surface area (Å²) in [7, 11) is 0. The predicted molar refractivity (Wildman–Crippen MR) is 122 cm³/mol. The van der Waals surface area contributed by atoms with E-state index in [9.17, 15) is 18.0 Å². The third-order valence-corrected chi connectivity index (χ3v) is 6.47. The molecule has 1 aliphatic heterocycles. The quantitative estimate of drug-likeness (QED) is 0.385. The van der Waals surface area contributed by atoms with Crippen LogP contribution in [0.25, 0.3) is 22.7 Å². The average Bonchev–Trinajstić information content (AvgIpc) is 3.38. The summed E-state index contributed by atoms with van der Waals surface area (Å²) < 4.78 is 45.2. The molecule has 1 N–H and O–H groups in total. The Balaban J connectivity index is 1.30. The van der Waals surface area contributed by atoms with Gasteiger partial charge in [0, 0.05) is 28.7 Å². The van der Waals surface area contributed by atoms with Crippen LogP contribution in [-0.4, -0.2) is 27.3 Å². The van der Waals surface area contributed by atoms with Crippen molar-refractivity contribution >= 4 is 17.9 Å². The van der Waals surface area contributed by atoms with Crippen LogP contribution in [0.15, 0.2) is 71.1 Å². The standard InChI is InChI=1S/C25H18F3N5O2/c26-25(27,28)16-8-4-7-15(13-16)19-11-9-18-17-10-12-20(17)33(21(18)29-19)24(34)30-23-32-31-22(35-23)14-5-2-1-3-6-14/h1-9,11,13,17,20H,10,12H2,(H,30,32,34). The van der Waals surface area contributed by atoms with Gasteiger partial charge in [0.2, 0.25) is 5.89 Å². The van der Waals surface area contributed by atoms with Crippen LogP contribution in [-0.2, 0) is 6.18 Å². The Morgan fingerprint density at radius 3 is 2.51 bits per heavy atom. The molecule has 1 fully saturated rings. The molecule has 10 heteroatoms. The second-order valence-corrected chi connectivity index (χ2v) is 8.52. The van der Waals surface area contributed by atoms with Gasteiger partial charge in [0.25, 0.3) is 0 Å². The van der Waals surface area contributed by atoms with Crippen molar-refractivity contribution in [1.82, 2.24) is 15.2 Å². The van der Waals surface area contributed by atoms with E-state index in [1.165, 1.54) is 6.07 Å². The number of carbonyl (C=O) groups is 1. The van der Waals surface area contributed by atoms with Crippen molar-refractivity contribution in [3.05, 3.63) is 77.9 Å². The number of hydrogen-bond acceptors (Lipinski definition) is 5. The van der Waals surface area contributed by atoms with Crippen molar-refractivity contribution in [3.8, 4) is 22.7 Å². The highest BCUT2D eigenvalue weighted by molar-refractivity contribution is 6.02. The van der Waals surface area contributed by atoms with Crippen molar-refractivity contribution in [2.24, 2.45) is 0 Å². The molecular formula is C25H18F3N5O2. The van der Waals surface area contributed by atoms with Gasteiger partial charge in [0.15, 0.2) is 0 Å². The van der Waals surface area contributed by atoms with E-state index in [2.05, 4.69) is 20.5 Å². The maximum absolute atomic E-state index is 13.2. The Morgan fingerprint density at radius 2 is 1.77 bits per heavy atom. The number of carbonyl (C=O) groups excluding carboxylic acids is 1. The minimum atomic E-state index is -4.46. The molecule has 3 heterocycles. The fourth-order valence-electron chi connectivity index (χ4n) is 4.64. The monoisotopic (exact) mass is 477 g/mol. The number of alkyl halides is 3. The fourth-order valence-corrected chi connectivity index (χ4v) is 4.64. The minimum absolute atomic E-state index is 0.0489. The van der Waals surface area contributed by atoms with E-state index in [4.69, 9.17) is 4.42 Å². The molecule has 6 rings (SSSR count). The number of rotatable bonds is 3. The number of nitrogens with one attached hydrogen (secondary N) is 1. The number of pyridine rings is 1. The van der Waals surface area contributed by atoms with Gasteiger partial charge in [0.1, 0.15) is 5.82 Å². The molecule has 4 aromatic rings. The zero-order valence-corrected chi connectivity index (χ0v) is 18.2. The molecule has 0 bridgehead atoms. The van der Waals surface area contributed by atoms with Crippen LogP contribution in [0.2, 0.25) is 0 Å². The highest BCUT2D eigenvalue weighted by Crippen LogP contribution is 2.51. The third-order valence-electron chi connectivity index (χ3n) is 6.47. The van der Waals surface area contributed by atoms with E-state index in [1.807, 2.05) is 36.4 Å². The van der Waals surface area contributed by atoms with Crippen LogP contribution in [0.1, 0.15) is 29.9 Å². The molecule has 0 saturated heterocycles. The van der Waals surface area contributed by atoms with Gasteiger partial charge in [-0.15, -0.1) is 5.10 Å². The molecule has 1 aliphatic carbocycles. The van der Waals surface area contributed by atoms with Crippen molar-refractivity contribution in [1.29, 1.82) is 0 Å². The highest BCUT2D eigenvalue weighted by Gasteiger charge is 2.48. The van der Waals surface area contributed by atoms with Gasteiger partial charge in [-0.1, -0.05) is 41.5 Å². The lowest BCUT2D eigenvalue weighted by Gasteiger charge is -2.35. The molecular weight excluding hydrogens is 459 g/mol. The van der Waals surface area contributed by atoms with E-state index in [0.29, 0.717) is 17.1 Å². The number of benzene rings is 2. The van der Waals surface area contributed by atoms with E-state index in [-0.39, 0.29) is 23.9 Å². The normalized spacial score (nSPS) is 18.5. The van der Waals surface area contributed by atoms with Crippen LogP contribution in [0.3, 0.4) is 0 Å². The van der Waals surface area contributed by atoms with Gasteiger partial charge in [0.05, 0.1) is 11.3 Å². The minimum Gasteiger partial charge on any atom is -0.403 e. The molecule has 2 aromatic heterocycles. The summed E-state index contributed by atoms with van der Waals surface area (Å²) >= 11 is 0. The first-order chi connectivity index (χ1) is 16.9. The second kappa shape index (κ2) is 7.93. The second-order valence-electron chi connectivity index (χ2n) is 8.52. The summed E-state index contributed by atoms with van der Waals surface area (Å²) in [6, 6.07) is 17.1. The number of fused-ring (bicyclic) bond motifs is 3. The summed E-state index contributed by atoms with van der Waals surface area (Å²) in [5, 5.41) is 10.5. The lowest BCUT2D eigenvalue weighted by Crippen LogP contribution is -2.46. The van der Waals surface area contributed by atoms with E-state index >= 15 is 0 Å². The first-order valence-corrected chi connectivity index (χ1v) is 11.1. The molecule has 176 valence electrons. The summed E-state index contributed by atoms with van der Waals surface area (Å²) in [5.74, 6) is 0.850. The Kier molecular flexibility index (Phi) is 4.84. The zero-order valence-electron chi connectivity index (χ0n) is 18.2. The van der Waals surface area contributed by atoms with Gasteiger partial charge in [-0.25, -0.2) is 9.78 Å². The molecule has 35 heavy (non-hydrogen) atoms. The maximum Gasteiger partial charge on any atom is 0.416 e. The van der Waals surface area contributed by atoms with Crippen molar-refractivity contribution in [2.45, 2.75) is 31.0 Å². The number of halogens is 3. The maximum atomic E-state index is 13.2. The summed E-state index contributed by atoms with van der Waals surface area (Å²) in [6.45, 7) is 0. The molecule has 0 radical (unpaired) electrons. The number of urea groups is 1. The first-order valence-electron chi connectivity index (χ1n) is 11.1. The van der Waals surface area contributed by atoms with Crippen LogP contribution in [0.4, 0.5) is 29.8 Å². The van der Waals surface area contributed by atoms with Crippen molar-refractivity contribution in [2.75, 3.05) is 10.2 Å². The van der Waals surface area contributed by atoms with E-state index < -0.39 is 17.8 Å². The van der Waals surface area contributed by atoms with Crippen LogP contribution < -0.4 is 10.2 Å². The third kappa shape index (κ3) is 3.71. The summed E-state index contributed by atoms with van der Waals surface area (Å²) in [4.78, 5) is 19.4. The van der Waals surface area contributed by atoms with Crippen LogP contribution >= 0.6 is 0 Å². The number of aromatic nitrogens is 3. The Labute approximate surface area is 197 Å². The Bertz CT molecular complexity index is 1420. The average molecular weight is 477 g/mol. The number of anilines is 2. The SMILES string of the molecule is O=C(Nc1nnc(-c2ccccc2)o1)N1c2nc(-c3cccc(C(F)(F)F)c3)ccc2C2CCC21. The largest absolute Gasteiger partial charge is 0.416 e. The summed E-state index contributed by atoms with van der Waals surface area (Å²) in [5.41, 5.74) is 1.56. The Hall–Kier alpha value is -4.21. The topological polar surface area (TPSA) is 84.2 Å². The van der Waals surface area contributed by atoms with E-state index in [1.54, 1.807) is 17.0 Å². The first kappa shape index (κ1) is 21.3. The number of hydrogen-bond donors (Lipinski definition) is 1. The zero-order chi connectivity index (χ0) is 24.2. The van der Waals surface area contributed by atoms with Crippen molar-refractivity contribution in [3.63, 3.8) is 0 Å². The lowest BCUT2D eigenvalue weighted by atomic mass is 9.78. The van der Waals surface area contributed by atoms with Gasteiger partial charge in [-0.05, 0) is 43.2 Å². The fraction of sp³-hybridized carbons (Fsp3) is 0.200. The molecule has 7 nitrogen and oxygen atoms in total. The predicted octanol–water partition coefficient (Wildman–Crippen LogP) is 6.12. The molecule has 2 aromatic carbocycles. The summed E-state index contributed by atoms with van der Waals surface area (Å²) in [6.07, 6.45) is -2.75. The number of nitrogens with zero attached hydrogens (tertiary/aromatic N) is 4. The Morgan fingerprint density at radius 1 is 0.971 bits per heavy atom. The molecule has 2 aliphatic rings.